The van der Waals surface area contributed by atoms with Crippen LogP contribution in [-0.2, 0) is 25.9 Å². The molecule has 2 heteroatoms. The molecule has 2 rings (SSSR count). The van der Waals surface area contributed by atoms with Gasteiger partial charge in [0, 0.05) is 6.42 Å². The molecular weight excluding hydrogens is 520 g/mol. The largest absolute Gasteiger partial charge is 0.256 e. The third-order valence-corrected chi connectivity index (χ3v) is 9.55. The molecule has 0 bridgehead atoms. The summed E-state index contributed by atoms with van der Waals surface area (Å²) in [5, 5.41) is 0. The fourth-order valence-corrected chi connectivity index (χ4v) is 6.71. The molecule has 43 heavy (non-hydrogen) atoms. The van der Waals surface area contributed by atoms with Gasteiger partial charge in [-0.2, -0.15) is 0 Å². The van der Waals surface area contributed by atoms with Gasteiger partial charge in [-0.25, -0.2) is 9.13 Å². The minimum absolute atomic E-state index is 1.15. The Morgan fingerprint density at radius 1 is 0.465 bits per heavy atom. The number of aryl methyl sites for hydroxylation is 3. The maximum Gasteiger partial charge on any atom is 0.256 e. The van der Waals surface area contributed by atoms with Gasteiger partial charge in [-0.3, -0.25) is 0 Å². The van der Waals surface area contributed by atoms with Crippen LogP contribution in [-0.4, -0.2) is 4.57 Å². The van der Waals surface area contributed by atoms with Crippen molar-refractivity contribution in [1.29, 1.82) is 0 Å². The van der Waals surface area contributed by atoms with Crippen molar-refractivity contribution in [1.82, 2.24) is 4.57 Å². The Hall–Kier alpha value is -1.57. The molecule has 0 aliphatic rings. The second-order valence-electron chi connectivity index (χ2n) is 13.6. The Bertz CT molecular complexity index is 839. The average Bonchev–Trinajstić information content (AvgIpc) is 3.41. The van der Waals surface area contributed by atoms with Gasteiger partial charge < -0.3 is 0 Å². The van der Waals surface area contributed by atoms with Crippen LogP contribution in [0.5, 0.6) is 0 Å². The van der Waals surface area contributed by atoms with Gasteiger partial charge in [-0.15, -0.1) is 0 Å². The van der Waals surface area contributed by atoms with Gasteiger partial charge in [-0.05, 0) is 37.7 Å². The van der Waals surface area contributed by atoms with E-state index < -0.39 is 0 Å². The van der Waals surface area contributed by atoms with Gasteiger partial charge >= 0.3 is 0 Å². The Morgan fingerprint density at radius 2 is 0.907 bits per heavy atom. The first-order chi connectivity index (χ1) is 21.3. The van der Waals surface area contributed by atoms with Crippen LogP contribution in [0.15, 0.2) is 42.7 Å². The molecule has 0 saturated heterocycles. The van der Waals surface area contributed by atoms with Crippen LogP contribution in [0.4, 0.5) is 0 Å². The van der Waals surface area contributed by atoms with Gasteiger partial charge in [0.1, 0.15) is 12.4 Å². The van der Waals surface area contributed by atoms with Gasteiger partial charge in [0.05, 0.1) is 13.1 Å². The van der Waals surface area contributed by atoms with E-state index in [4.69, 9.17) is 0 Å². The quantitative estimate of drug-likeness (QED) is 0.0607. The minimum Gasteiger partial charge on any atom is -0.234 e. The molecule has 2 nitrogen and oxygen atoms in total. The Balaban J connectivity index is 1.61. The van der Waals surface area contributed by atoms with Crippen LogP contribution < -0.4 is 4.57 Å². The lowest BCUT2D eigenvalue weighted by Gasteiger charge is -2.07. The Morgan fingerprint density at radius 3 is 1.40 bits per heavy atom. The molecule has 0 amide bonds. The summed E-state index contributed by atoms with van der Waals surface area (Å²) in [7, 11) is 0. The lowest BCUT2D eigenvalue weighted by molar-refractivity contribution is -0.704. The van der Waals surface area contributed by atoms with E-state index in [1.54, 1.807) is 5.82 Å². The summed E-state index contributed by atoms with van der Waals surface area (Å²) in [5.74, 6) is 1.58. The van der Waals surface area contributed by atoms with Crippen LogP contribution in [0.2, 0.25) is 0 Å². The molecule has 0 fully saturated rings. The highest BCUT2D eigenvalue weighted by Gasteiger charge is 2.16. The highest BCUT2D eigenvalue weighted by molar-refractivity contribution is 5.14. The van der Waals surface area contributed by atoms with Gasteiger partial charge in [0.15, 0.2) is 0 Å². The van der Waals surface area contributed by atoms with E-state index in [2.05, 4.69) is 65.7 Å². The van der Waals surface area contributed by atoms with Crippen LogP contribution in [0.25, 0.3) is 0 Å². The van der Waals surface area contributed by atoms with Crippen molar-refractivity contribution in [3.63, 3.8) is 0 Å². The van der Waals surface area contributed by atoms with Crippen molar-refractivity contribution in [2.75, 3.05) is 0 Å². The topological polar surface area (TPSA) is 8.81 Å². The van der Waals surface area contributed by atoms with E-state index in [-0.39, 0.29) is 0 Å². The normalized spacial score (nSPS) is 11.5. The highest BCUT2D eigenvalue weighted by atomic mass is 15.1. The molecule has 1 aromatic heterocycles. The molecule has 0 aliphatic heterocycles. The summed E-state index contributed by atoms with van der Waals surface area (Å²) in [6, 6.07) is 11.0. The molecule has 246 valence electrons. The van der Waals surface area contributed by atoms with E-state index in [0.717, 1.165) is 6.54 Å². The van der Waals surface area contributed by atoms with E-state index in [9.17, 15) is 0 Å². The van der Waals surface area contributed by atoms with Crippen LogP contribution in [0, 0.1) is 0 Å². The summed E-state index contributed by atoms with van der Waals surface area (Å²) in [5.41, 5.74) is 1.47. The monoisotopic (exact) mass is 594 g/mol. The third-order valence-electron chi connectivity index (χ3n) is 9.55. The van der Waals surface area contributed by atoms with E-state index in [0.29, 0.717) is 0 Å². The van der Waals surface area contributed by atoms with Crippen molar-refractivity contribution in [3.8, 4) is 0 Å². The molecule has 0 saturated carbocycles. The van der Waals surface area contributed by atoms with Crippen molar-refractivity contribution in [2.24, 2.45) is 0 Å². The summed E-state index contributed by atoms with van der Waals surface area (Å²) < 4.78 is 5.19. The zero-order chi connectivity index (χ0) is 30.5. The standard InChI is InChI=1S/C41H73N2/c1-3-5-7-9-11-13-15-16-17-18-19-21-23-25-30-36-42-38-39-43(37-31-34-40-32-27-26-28-33-40)41(42)35-29-24-22-20-14-12-10-8-6-4-2/h26-28,32-33,38-39H,3-25,29-31,34-37H2,1-2H3/q+1. The van der Waals surface area contributed by atoms with Crippen LogP contribution >= 0.6 is 0 Å². The van der Waals surface area contributed by atoms with Crippen LogP contribution in [0.1, 0.15) is 192 Å². The number of hydrogen-bond donors (Lipinski definition) is 0. The molecule has 0 spiro atoms. The van der Waals surface area contributed by atoms with Gasteiger partial charge in [0.2, 0.25) is 0 Å². The number of unbranched alkanes of at least 4 members (excludes halogenated alkanes) is 23. The molecule has 0 aliphatic carbocycles. The molecule has 1 heterocycles. The minimum atomic E-state index is 1.15. The number of benzene rings is 1. The number of aromatic nitrogens is 2. The fourth-order valence-electron chi connectivity index (χ4n) is 6.71. The zero-order valence-corrected chi connectivity index (χ0v) is 29.1. The predicted octanol–water partition coefficient (Wildman–Crippen LogP) is 12.7. The first-order valence-corrected chi connectivity index (χ1v) is 19.5. The maximum atomic E-state index is 2.61. The van der Waals surface area contributed by atoms with Crippen LogP contribution in [0.3, 0.4) is 0 Å². The number of hydrogen-bond acceptors (Lipinski definition) is 0. The predicted molar refractivity (Wildman–Crippen MR) is 190 cm³/mol. The molecule has 0 unspecified atom stereocenters. The maximum absolute atomic E-state index is 2.61. The Labute approximate surface area is 269 Å². The molecule has 0 radical (unpaired) electrons. The van der Waals surface area contributed by atoms with Crippen molar-refractivity contribution >= 4 is 0 Å². The van der Waals surface area contributed by atoms with Crippen molar-refractivity contribution < 1.29 is 4.57 Å². The summed E-state index contributed by atoms with van der Waals surface area (Å²) in [6.45, 7) is 6.97. The summed E-state index contributed by atoms with van der Waals surface area (Å²) >= 11 is 0. The summed E-state index contributed by atoms with van der Waals surface area (Å²) in [6.07, 6.45) is 44.1. The lowest BCUT2D eigenvalue weighted by Crippen LogP contribution is -2.37. The molecule has 0 N–H and O–H groups in total. The van der Waals surface area contributed by atoms with E-state index in [1.165, 1.54) is 192 Å². The second kappa shape index (κ2) is 27.9. The first kappa shape index (κ1) is 37.6. The van der Waals surface area contributed by atoms with Crippen molar-refractivity contribution in [2.45, 2.75) is 207 Å². The molecular formula is C41H73N2+. The fraction of sp³-hybridized carbons (Fsp3) is 0.780. The van der Waals surface area contributed by atoms with Crippen molar-refractivity contribution in [3.05, 3.63) is 54.1 Å². The average molecular weight is 594 g/mol. The molecule has 2 aromatic rings. The van der Waals surface area contributed by atoms with E-state index >= 15 is 0 Å². The van der Waals surface area contributed by atoms with Gasteiger partial charge in [0.25, 0.3) is 5.82 Å². The molecule has 0 atom stereocenters. The first-order valence-electron chi connectivity index (χ1n) is 19.5. The Kier molecular flexibility index (Phi) is 24.4. The molecule has 1 aromatic carbocycles. The lowest BCUT2D eigenvalue weighted by atomic mass is 10.0. The third kappa shape index (κ3) is 20.2. The second-order valence-corrected chi connectivity index (χ2v) is 13.6. The van der Waals surface area contributed by atoms with E-state index in [1.807, 2.05) is 0 Å². The SMILES string of the molecule is CCCCCCCCCCCCCCCCCn1cc[n+](CCCc2ccccc2)c1CCCCCCCCCCCC. The zero-order valence-electron chi connectivity index (χ0n) is 29.1. The number of rotatable bonds is 31. The number of imidazole rings is 1. The smallest absolute Gasteiger partial charge is 0.234 e. The summed E-state index contributed by atoms with van der Waals surface area (Å²) in [4.78, 5) is 0. The number of nitrogens with zero attached hydrogens (tertiary/aromatic N) is 2. The highest BCUT2D eigenvalue weighted by Crippen LogP contribution is 2.15. The van der Waals surface area contributed by atoms with Gasteiger partial charge in [-0.1, -0.05) is 185 Å².